The van der Waals surface area contributed by atoms with E-state index in [1.807, 2.05) is 79.7 Å². The molecule has 0 bridgehead atoms. The second kappa shape index (κ2) is 14.5. The van der Waals surface area contributed by atoms with Crippen molar-refractivity contribution in [2.75, 3.05) is 33.2 Å². The van der Waals surface area contributed by atoms with E-state index in [1.165, 1.54) is 11.3 Å². The third-order valence-electron chi connectivity index (χ3n) is 7.53. The zero-order valence-electron chi connectivity index (χ0n) is 23.6. The summed E-state index contributed by atoms with van der Waals surface area (Å²) < 4.78 is 6.78. The largest absolute Gasteiger partial charge is 0.496 e. The number of amides is 1. The highest BCUT2D eigenvalue weighted by Gasteiger charge is 2.32. The molecule has 41 heavy (non-hydrogen) atoms. The van der Waals surface area contributed by atoms with E-state index >= 15 is 0 Å². The molecule has 1 aliphatic rings. The summed E-state index contributed by atoms with van der Waals surface area (Å²) in [7, 11) is 7.51. The number of nitrogens with zero attached hydrogens (tertiary/aromatic N) is 4. The SMILES string of the molecule is CNC1CCC(N(Cc2cc(-c3cnc(N(C)C)nc3)ccc2OC)C(=O)c2sc3ccccc3c2Cl)CC1.Cl.Cl. The lowest BCUT2D eigenvalue weighted by molar-refractivity contribution is 0.0604. The minimum absolute atomic E-state index is 0. The molecule has 4 aromatic rings. The number of hydrogen-bond acceptors (Lipinski definition) is 7. The van der Waals surface area contributed by atoms with Crippen molar-refractivity contribution in [2.24, 2.45) is 0 Å². The van der Waals surface area contributed by atoms with Crippen LogP contribution in [0.15, 0.2) is 54.9 Å². The Balaban J connectivity index is 0.00000231. The summed E-state index contributed by atoms with van der Waals surface area (Å²) >= 11 is 8.26. The molecule has 0 saturated heterocycles. The van der Waals surface area contributed by atoms with Crippen LogP contribution in [-0.4, -0.2) is 61.1 Å². The van der Waals surface area contributed by atoms with Crippen molar-refractivity contribution < 1.29 is 9.53 Å². The van der Waals surface area contributed by atoms with Crippen molar-refractivity contribution in [3.63, 3.8) is 0 Å². The summed E-state index contributed by atoms with van der Waals surface area (Å²) in [4.78, 5) is 27.6. The molecule has 0 radical (unpaired) electrons. The van der Waals surface area contributed by atoms with Gasteiger partial charge in [0.1, 0.15) is 10.6 Å². The Morgan fingerprint density at radius 2 is 1.73 bits per heavy atom. The normalized spacial score (nSPS) is 16.4. The average molecular weight is 637 g/mol. The van der Waals surface area contributed by atoms with Gasteiger partial charge < -0.3 is 19.9 Å². The van der Waals surface area contributed by atoms with Crippen LogP contribution in [0, 0.1) is 0 Å². The lowest BCUT2D eigenvalue weighted by atomic mass is 9.89. The van der Waals surface area contributed by atoms with Gasteiger partial charge in [0.25, 0.3) is 5.91 Å². The maximum atomic E-state index is 14.2. The van der Waals surface area contributed by atoms with E-state index in [2.05, 4.69) is 21.4 Å². The first-order valence-electron chi connectivity index (χ1n) is 13.2. The first kappa shape index (κ1) is 32.9. The van der Waals surface area contributed by atoms with Crippen molar-refractivity contribution >= 4 is 69.7 Å². The predicted molar refractivity (Wildman–Crippen MR) is 175 cm³/mol. The molecule has 0 atom stereocenters. The van der Waals surface area contributed by atoms with Gasteiger partial charge in [0.15, 0.2) is 0 Å². The fraction of sp³-hybridized carbons (Fsp3) is 0.367. The highest BCUT2D eigenvalue weighted by atomic mass is 35.5. The summed E-state index contributed by atoms with van der Waals surface area (Å²) in [6.07, 6.45) is 7.57. The van der Waals surface area contributed by atoms with Crippen molar-refractivity contribution in [1.82, 2.24) is 20.2 Å². The summed E-state index contributed by atoms with van der Waals surface area (Å²) in [5.74, 6) is 1.37. The quantitative estimate of drug-likeness (QED) is 0.222. The Morgan fingerprint density at radius 3 is 2.34 bits per heavy atom. The van der Waals surface area contributed by atoms with Crippen molar-refractivity contribution in [1.29, 1.82) is 0 Å². The Hall–Kier alpha value is -2.62. The Kier molecular flexibility index (Phi) is 11.6. The molecule has 11 heteroatoms. The summed E-state index contributed by atoms with van der Waals surface area (Å²) in [5, 5.41) is 4.86. The third kappa shape index (κ3) is 7.07. The van der Waals surface area contributed by atoms with Crippen LogP contribution in [0.2, 0.25) is 5.02 Å². The molecule has 0 spiro atoms. The van der Waals surface area contributed by atoms with Gasteiger partial charge in [0.2, 0.25) is 5.95 Å². The lowest BCUT2D eigenvalue weighted by Crippen LogP contribution is -2.44. The van der Waals surface area contributed by atoms with Crippen LogP contribution in [0.4, 0.5) is 5.95 Å². The molecular formula is C30H36Cl3N5O2S. The van der Waals surface area contributed by atoms with Crippen LogP contribution in [0.25, 0.3) is 21.2 Å². The standard InChI is InChI=1S/C30H34ClN5O2S.2ClH/c1-32-22-10-12-23(13-11-22)36(29(37)28-27(31)24-7-5-6-8-26(24)39-28)18-20-15-19(9-14-25(20)38-4)21-16-33-30(34-17-21)35(2)3;;/h5-9,14-17,22-23,32H,10-13,18H2,1-4H3;2*1H. The molecule has 2 aromatic heterocycles. The average Bonchev–Trinajstić information content (AvgIpc) is 3.32. The molecule has 1 N–H and O–H groups in total. The van der Waals surface area contributed by atoms with Gasteiger partial charge in [0.05, 0.1) is 12.1 Å². The number of halogens is 3. The number of aromatic nitrogens is 2. The maximum Gasteiger partial charge on any atom is 0.266 e. The van der Waals surface area contributed by atoms with E-state index in [9.17, 15) is 4.79 Å². The molecule has 1 amide bonds. The first-order valence-corrected chi connectivity index (χ1v) is 14.4. The summed E-state index contributed by atoms with van der Waals surface area (Å²) in [5.41, 5.74) is 2.82. The second-order valence-electron chi connectivity index (χ2n) is 10.2. The van der Waals surface area contributed by atoms with Gasteiger partial charge in [-0.15, -0.1) is 36.2 Å². The zero-order chi connectivity index (χ0) is 27.5. The van der Waals surface area contributed by atoms with Crippen LogP contribution in [0.1, 0.15) is 40.9 Å². The van der Waals surface area contributed by atoms with E-state index < -0.39 is 0 Å². The number of fused-ring (bicyclic) bond motifs is 1. The number of benzene rings is 2. The molecule has 2 aromatic carbocycles. The monoisotopic (exact) mass is 635 g/mol. The van der Waals surface area contributed by atoms with E-state index in [4.69, 9.17) is 16.3 Å². The van der Waals surface area contributed by atoms with E-state index in [1.54, 1.807) is 7.11 Å². The lowest BCUT2D eigenvalue weighted by Gasteiger charge is -2.37. The molecule has 1 fully saturated rings. The predicted octanol–water partition coefficient (Wildman–Crippen LogP) is 7.10. The van der Waals surface area contributed by atoms with Crippen LogP contribution in [0.3, 0.4) is 0 Å². The number of ether oxygens (including phenoxy) is 1. The Bertz CT molecular complexity index is 1460. The fourth-order valence-electron chi connectivity index (χ4n) is 5.29. The van der Waals surface area contributed by atoms with Crippen LogP contribution < -0.4 is 15.0 Å². The number of carbonyl (C=O) groups is 1. The Labute approximate surface area is 263 Å². The number of rotatable bonds is 8. The second-order valence-corrected chi connectivity index (χ2v) is 11.6. The molecular weight excluding hydrogens is 601 g/mol. The van der Waals surface area contributed by atoms with Crippen molar-refractivity contribution in [3.8, 4) is 16.9 Å². The molecule has 2 heterocycles. The molecule has 5 rings (SSSR count). The van der Waals surface area contributed by atoms with E-state index in [0.717, 1.165) is 58.2 Å². The van der Waals surface area contributed by atoms with Gasteiger partial charge >= 0.3 is 0 Å². The number of carbonyl (C=O) groups excluding carboxylic acids is 1. The van der Waals surface area contributed by atoms with Crippen LogP contribution in [-0.2, 0) is 6.54 Å². The number of hydrogen-bond donors (Lipinski definition) is 1. The number of nitrogens with one attached hydrogen (secondary N) is 1. The number of thiophene rings is 1. The summed E-state index contributed by atoms with van der Waals surface area (Å²) in [6.45, 7) is 0.423. The first-order chi connectivity index (χ1) is 18.9. The highest BCUT2D eigenvalue weighted by Crippen LogP contribution is 2.38. The van der Waals surface area contributed by atoms with Crippen LogP contribution >= 0.6 is 47.8 Å². The van der Waals surface area contributed by atoms with Crippen molar-refractivity contribution in [2.45, 2.75) is 44.3 Å². The number of methoxy groups -OCH3 is 1. The maximum absolute atomic E-state index is 14.2. The topological polar surface area (TPSA) is 70.6 Å². The molecule has 1 aliphatic carbocycles. The van der Waals surface area contributed by atoms with Gasteiger partial charge in [-0.05, 0) is 56.5 Å². The molecule has 0 aliphatic heterocycles. The minimum atomic E-state index is -0.0276. The molecule has 7 nitrogen and oxygen atoms in total. The molecule has 0 unspecified atom stereocenters. The zero-order valence-corrected chi connectivity index (χ0v) is 26.8. The Morgan fingerprint density at radius 1 is 1.05 bits per heavy atom. The fourth-order valence-corrected chi connectivity index (χ4v) is 6.76. The van der Waals surface area contributed by atoms with Gasteiger partial charge in [-0.2, -0.15) is 0 Å². The third-order valence-corrected chi connectivity index (χ3v) is 9.19. The van der Waals surface area contributed by atoms with E-state index in [-0.39, 0.29) is 36.8 Å². The van der Waals surface area contributed by atoms with Gasteiger partial charge in [-0.3, -0.25) is 4.79 Å². The summed E-state index contributed by atoms with van der Waals surface area (Å²) in [6, 6.07) is 14.6. The highest BCUT2D eigenvalue weighted by molar-refractivity contribution is 7.21. The van der Waals surface area contributed by atoms with E-state index in [0.29, 0.717) is 28.4 Å². The molecule has 220 valence electrons. The molecule has 1 saturated carbocycles. The number of anilines is 1. The van der Waals surface area contributed by atoms with Crippen molar-refractivity contribution in [3.05, 3.63) is 70.3 Å². The smallest absolute Gasteiger partial charge is 0.266 e. The van der Waals surface area contributed by atoms with Crippen LogP contribution in [0.5, 0.6) is 5.75 Å². The van der Waals surface area contributed by atoms with Gasteiger partial charge in [-0.1, -0.05) is 35.9 Å². The van der Waals surface area contributed by atoms with Gasteiger partial charge in [0, 0.05) is 66.3 Å². The minimum Gasteiger partial charge on any atom is -0.496 e. The van der Waals surface area contributed by atoms with Gasteiger partial charge in [-0.25, -0.2) is 9.97 Å².